The Bertz CT molecular complexity index is 977. The molecule has 2 heterocycles. The predicted molar refractivity (Wildman–Crippen MR) is 97.4 cm³/mol. The maximum atomic E-state index is 11.1. The summed E-state index contributed by atoms with van der Waals surface area (Å²) >= 11 is 0. The van der Waals surface area contributed by atoms with Crippen LogP contribution in [0.1, 0.15) is 37.9 Å². The maximum Gasteiger partial charge on any atom is 0.208 e. The molecular formula is C20H21N5O. The minimum atomic E-state index is -0.636. The zero-order chi connectivity index (χ0) is 17.9. The summed E-state index contributed by atoms with van der Waals surface area (Å²) < 4.78 is 1.76. The van der Waals surface area contributed by atoms with Gasteiger partial charge in [-0.1, -0.05) is 11.8 Å². The van der Waals surface area contributed by atoms with E-state index in [0.717, 1.165) is 12.8 Å². The Balaban J connectivity index is 1.51. The van der Waals surface area contributed by atoms with Crippen molar-refractivity contribution in [2.75, 3.05) is 5.73 Å². The topological polar surface area (TPSA) is 89.9 Å². The Morgan fingerprint density at radius 2 is 2.04 bits per heavy atom. The van der Waals surface area contributed by atoms with Gasteiger partial charge in [-0.2, -0.15) is 0 Å². The van der Waals surface area contributed by atoms with E-state index in [-0.39, 0.29) is 5.92 Å². The van der Waals surface area contributed by atoms with Crippen LogP contribution in [0.5, 0.6) is 0 Å². The third-order valence-corrected chi connectivity index (χ3v) is 6.37. The highest BCUT2D eigenvalue weighted by Crippen LogP contribution is 2.58. The van der Waals surface area contributed by atoms with Crippen molar-refractivity contribution >= 4 is 17.0 Å². The van der Waals surface area contributed by atoms with E-state index in [1.54, 1.807) is 10.9 Å². The number of fused-ring (bicyclic) bond motifs is 1. The highest BCUT2D eigenvalue weighted by Gasteiger charge is 2.55. The van der Waals surface area contributed by atoms with E-state index in [2.05, 4.69) is 32.7 Å². The Labute approximate surface area is 152 Å². The van der Waals surface area contributed by atoms with Crippen LogP contribution in [0.4, 0.5) is 5.82 Å². The van der Waals surface area contributed by atoms with Gasteiger partial charge in [0.1, 0.15) is 5.52 Å². The van der Waals surface area contributed by atoms with E-state index in [9.17, 15) is 5.11 Å². The van der Waals surface area contributed by atoms with Gasteiger partial charge in [0.15, 0.2) is 11.5 Å². The molecular weight excluding hydrogens is 326 g/mol. The molecule has 6 heteroatoms. The zero-order valence-electron chi connectivity index (χ0n) is 14.5. The van der Waals surface area contributed by atoms with Gasteiger partial charge in [-0.15, -0.1) is 6.42 Å². The van der Waals surface area contributed by atoms with Gasteiger partial charge in [0.05, 0.1) is 24.4 Å². The van der Waals surface area contributed by atoms with Crippen LogP contribution in [0.15, 0.2) is 6.33 Å². The summed E-state index contributed by atoms with van der Waals surface area (Å²) in [5, 5.41) is 11.1. The summed E-state index contributed by atoms with van der Waals surface area (Å²) in [5.41, 5.74) is 6.53. The average Bonchev–Trinajstić information content (AvgIpc) is 2.97. The standard InChI is InChI=1S/C20H21N5O/c1-2-5-25-11-22-17-18(21)23-16(24-19(17)25)4-3-15-14-7-12-6-13(8-14)10-20(15,26)9-12/h1,11-15,26H,5-10H2,(H2,21,23,24). The normalized spacial score (nSPS) is 34.5. The van der Waals surface area contributed by atoms with Crippen LogP contribution in [0.25, 0.3) is 11.2 Å². The molecule has 4 bridgehead atoms. The molecule has 3 N–H and O–H groups in total. The first-order valence-corrected chi connectivity index (χ1v) is 9.21. The van der Waals surface area contributed by atoms with Crippen molar-refractivity contribution in [3.05, 3.63) is 12.2 Å². The first-order chi connectivity index (χ1) is 12.6. The van der Waals surface area contributed by atoms with E-state index in [0.29, 0.717) is 47.1 Å². The van der Waals surface area contributed by atoms with Crippen molar-refractivity contribution in [3.8, 4) is 24.2 Å². The number of aromatic nitrogens is 4. The van der Waals surface area contributed by atoms with Gasteiger partial charge in [-0.05, 0) is 55.8 Å². The molecule has 6 nitrogen and oxygen atoms in total. The van der Waals surface area contributed by atoms with E-state index in [1.807, 2.05) is 0 Å². The van der Waals surface area contributed by atoms with Crippen molar-refractivity contribution in [3.63, 3.8) is 0 Å². The van der Waals surface area contributed by atoms with Crippen LogP contribution < -0.4 is 5.73 Å². The van der Waals surface area contributed by atoms with Gasteiger partial charge in [0.25, 0.3) is 0 Å². The highest BCUT2D eigenvalue weighted by molar-refractivity contribution is 5.82. The lowest BCUT2D eigenvalue weighted by Crippen LogP contribution is -2.56. The average molecular weight is 347 g/mol. The van der Waals surface area contributed by atoms with Crippen molar-refractivity contribution in [1.29, 1.82) is 0 Å². The molecule has 0 saturated heterocycles. The minimum absolute atomic E-state index is 0.00596. The van der Waals surface area contributed by atoms with Crippen molar-refractivity contribution < 1.29 is 5.11 Å². The van der Waals surface area contributed by atoms with Crippen molar-refractivity contribution in [2.45, 2.75) is 44.2 Å². The molecule has 132 valence electrons. The molecule has 0 radical (unpaired) electrons. The number of imidazole rings is 1. The van der Waals surface area contributed by atoms with Crippen LogP contribution in [0.2, 0.25) is 0 Å². The SMILES string of the molecule is C#CCn1cnc2c(N)nc(C#CC3C4CC5CC(C4)CC3(O)C5)nc21. The number of nitrogens with zero attached hydrogens (tertiary/aromatic N) is 4. The van der Waals surface area contributed by atoms with E-state index in [1.165, 1.54) is 19.3 Å². The monoisotopic (exact) mass is 347 g/mol. The molecule has 0 aromatic carbocycles. The smallest absolute Gasteiger partial charge is 0.208 e. The molecule has 4 aliphatic rings. The molecule has 4 fully saturated rings. The van der Waals surface area contributed by atoms with Crippen molar-refractivity contribution in [1.82, 2.24) is 19.5 Å². The van der Waals surface area contributed by atoms with E-state index >= 15 is 0 Å². The van der Waals surface area contributed by atoms with Crippen LogP contribution >= 0.6 is 0 Å². The summed E-state index contributed by atoms with van der Waals surface area (Å²) in [6.07, 6.45) is 12.4. The molecule has 0 spiro atoms. The van der Waals surface area contributed by atoms with Crippen LogP contribution in [0.3, 0.4) is 0 Å². The summed E-state index contributed by atoms with van der Waals surface area (Å²) in [7, 11) is 0. The number of hydrogen-bond donors (Lipinski definition) is 2. The predicted octanol–water partition coefficient (Wildman–Crippen LogP) is 1.58. The van der Waals surface area contributed by atoms with E-state index in [4.69, 9.17) is 12.2 Å². The molecule has 26 heavy (non-hydrogen) atoms. The Morgan fingerprint density at radius 3 is 2.73 bits per heavy atom. The van der Waals surface area contributed by atoms with Crippen LogP contribution in [0, 0.1) is 47.9 Å². The summed E-state index contributed by atoms with van der Waals surface area (Å²) in [6, 6.07) is 0. The first kappa shape index (κ1) is 15.7. The van der Waals surface area contributed by atoms with Crippen LogP contribution in [-0.4, -0.2) is 30.2 Å². The number of terminal acetylenes is 1. The van der Waals surface area contributed by atoms with Gasteiger partial charge >= 0.3 is 0 Å². The third-order valence-electron chi connectivity index (χ3n) is 6.37. The number of hydrogen-bond acceptors (Lipinski definition) is 5. The molecule has 3 atom stereocenters. The van der Waals surface area contributed by atoms with Gasteiger partial charge in [-0.3, -0.25) is 0 Å². The lowest BCUT2D eigenvalue weighted by molar-refractivity contribution is -0.152. The summed E-state index contributed by atoms with van der Waals surface area (Å²) in [5.74, 6) is 11.5. The number of nitrogen functional groups attached to an aromatic ring is 1. The molecule has 2 aromatic rings. The minimum Gasteiger partial charge on any atom is -0.389 e. The second-order valence-electron chi connectivity index (χ2n) is 8.14. The third kappa shape index (κ3) is 2.29. The summed E-state index contributed by atoms with van der Waals surface area (Å²) in [4.78, 5) is 13.0. The van der Waals surface area contributed by atoms with Crippen LogP contribution in [-0.2, 0) is 6.54 Å². The summed E-state index contributed by atoms with van der Waals surface area (Å²) in [6.45, 7) is 0.368. The lowest BCUT2D eigenvalue weighted by atomic mass is 9.50. The molecule has 3 unspecified atom stereocenters. The van der Waals surface area contributed by atoms with Gasteiger partial charge < -0.3 is 15.4 Å². The fourth-order valence-corrected chi connectivity index (χ4v) is 5.63. The molecule has 4 aliphatic carbocycles. The van der Waals surface area contributed by atoms with E-state index < -0.39 is 5.60 Å². The fraction of sp³-hybridized carbons (Fsp3) is 0.550. The molecule has 6 rings (SSSR count). The Kier molecular flexibility index (Phi) is 3.29. The molecule has 0 aliphatic heterocycles. The van der Waals surface area contributed by atoms with Gasteiger partial charge in [0, 0.05) is 0 Å². The first-order valence-electron chi connectivity index (χ1n) is 9.21. The number of aliphatic hydroxyl groups is 1. The van der Waals surface area contributed by atoms with Gasteiger partial charge in [-0.25, -0.2) is 15.0 Å². The lowest BCUT2D eigenvalue weighted by Gasteiger charge is -2.57. The second-order valence-corrected chi connectivity index (χ2v) is 8.14. The molecule has 0 amide bonds. The maximum absolute atomic E-state index is 11.1. The highest BCUT2D eigenvalue weighted by atomic mass is 16.3. The molecule has 4 saturated carbocycles. The Hall–Kier alpha value is -2.57. The zero-order valence-corrected chi connectivity index (χ0v) is 14.5. The number of nitrogens with two attached hydrogens (primary N) is 1. The molecule has 2 aromatic heterocycles. The number of anilines is 1. The number of rotatable bonds is 1. The van der Waals surface area contributed by atoms with Crippen molar-refractivity contribution in [2.24, 2.45) is 23.7 Å². The second kappa shape index (κ2) is 5.46. The Morgan fingerprint density at radius 1 is 1.27 bits per heavy atom. The quantitative estimate of drug-likeness (QED) is 0.765. The van der Waals surface area contributed by atoms with Gasteiger partial charge in [0.2, 0.25) is 5.82 Å². The fourth-order valence-electron chi connectivity index (χ4n) is 5.63. The largest absolute Gasteiger partial charge is 0.389 e.